The zero-order valence-electron chi connectivity index (χ0n) is 12.9. The molecule has 1 aliphatic heterocycles. The Morgan fingerprint density at radius 3 is 2.52 bits per heavy atom. The van der Waals surface area contributed by atoms with Crippen LogP contribution in [0.1, 0.15) is 26.7 Å². The molecular formula is C15H18ClN3O4. The van der Waals surface area contributed by atoms with E-state index in [-0.39, 0.29) is 11.4 Å². The molecule has 8 heteroatoms. The summed E-state index contributed by atoms with van der Waals surface area (Å²) >= 11 is 5.71. The zero-order valence-corrected chi connectivity index (χ0v) is 13.6. The number of rotatable bonds is 5. The lowest BCUT2D eigenvalue weighted by Gasteiger charge is -2.23. The molecule has 4 amide bonds. The molecule has 124 valence electrons. The van der Waals surface area contributed by atoms with Crippen molar-refractivity contribution in [3.05, 3.63) is 23.2 Å². The zero-order chi connectivity index (χ0) is 17.2. The molecule has 0 spiro atoms. The van der Waals surface area contributed by atoms with Crippen molar-refractivity contribution < 1.29 is 19.5 Å². The van der Waals surface area contributed by atoms with Crippen molar-refractivity contribution in [2.75, 3.05) is 11.9 Å². The van der Waals surface area contributed by atoms with Gasteiger partial charge in [-0.3, -0.25) is 14.5 Å². The van der Waals surface area contributed by atoms with Crippen molar-refractivity contribution >= 4 is 35.1 Å². The summed E-state index contributed by atoms with van der Waals surface area (Å²) < 4.78 is 0. The molecule has 0 radical (unpaired) electrons. The topological polar surface area (TPSA) is 98.7 Å². The summed E-state index contributed by atoms with van der Waals surface area (Å²) in [6.45, 7) is 3.18. The van der Waals surface area contributed by atoms with Crippen LogP contribution in [0.2, 0.25) is 5.02 Å². The molecule has 2 rings (SSSR count). The highest BCUT2D eigenvalue weighted by atomic mass is 35.5. The van der Waals surface area contributed by atoms with Crippen LogP contribution in [0, 0.1) is 0 Å². The first kappa shape index (κ1) is 17.1. The standard InChI is InChI=1S/C15H18ClN3O4/c1-3-15(4-2)13(22)19(14(23)18-15)8-12(21)17-10-6-5-9(16)7-11(10)20/h5-7,20H,3-4,8H2,1-2H3,(H,17,21)(H,18,23). The molecule has 0 aliphatic carbocycles. The third kappa shape index (κ3) is 3.24. The molecule has 1 heterocycles. The van der Waals surface area contributed by atoms with Gasteiger partial charge in [-0.1, -0.05) is 25.4 Å². The predicted octanol–water partition coefficient (Wildman–Crippen LogP) is 2.09. The van der Waals surface area contributed by atoms with Crippen molar-refractivity contribution in [1.29, 1.82) is 0 Å². The van der Waals surface area contributed by atoms with Gasteiger partial charge in [0.15, 0.2) is 0 Å². The lowest BCUT2D eigenvalue weighted by molar-refractivity contribution is -0.134. The SMILES string of the molecule is CCC1(CC)NC(=O)N(CC(=O)Nc2ccc(Cl)cc2O)C1=O. The highest BCUT2D eigenvalue weighted by Crippen LogP contribution is 2.27. The number of nitrogens with zero attached hydrogens (tertiary/aromatic N) is 1. The Balaban J connectivity index is 2.08. The molecule has 1 aromatic rings. The van der Waals surface area contributed by atoms with Crippen molar-refractivity contribution in [3.8, 4) is 5.75 Å². The van der Waals surface area contributed by atoms with Gasteiger partial charge in [0.1, 0.15) is 17.8 Å². The summed E-state index contributed by atoms with van der Waals surface area (Å²) in [5, 5.41) is 15.1. The number of hydrogen-bond acceptors (Lipinski definition) is 4. The average Bonchev–Trinajstić information content (AvgIpc) is 2.75. The minimum Gasteiger partial charge on any atom is -0.506 e. The van der Waals surface area contributed by atoms with Crippen LogP contribution in [0.5, 0.6) is 5.75 Å². The largest absolute Gasteiger partial charge is 0.506 e. The van der Waals surface area contributed by atoms with Gasteiger partial charge in [-0.2, -0.15) is 0 Å². The first-order chi connectivity index (χ1) is 10.8. The first-order valence-electron chi connectivity index (χ1n) is 7.25. The van der Waals surface area contributed by atoms with Crippen LogP contribution >= 0.6 is 11.6 Å². The molecular weight excluding hydrogens is 322 g/mol. The van der Waals surface area contributed by atoms with Gasteiger partial charge in [-0.15, -0.1) is 0 Å². The number of amides is 4. The van der Waals surface area contributed by atoms with Gasteiger partial charge in [0.05, 0.1) is 5.69 Å². The molecule has 1 aromatic carbocycles. The summed E-state index contributed by atoms with van der Waals surface area (Å²) in [4.78, 5) is 37.3. The van der Waals surface area contributed by atoms with Gasteiger partial charge in [-0.25, -0.2) is 4.79 Å². The molecule has 0 saturated carbocycles. The molecule has 0 atom stereocenters. The molecule has 0 unspecified atom stereocenters. The number of phenols is 1. The summed E-state index contributed by atoms with van der Waals surface area (Å²) in [7, 11) is 0. The van der Waals surface area contributed by atoms with E-state index in [4.69, 9.17) is 11.6 Å². The van der Waals surface area contributed by atoms with E-state index in [1.54, 1.807) is 13.8 Å². The second-order valence-electron chi connectivity index (χ2n) is 5.32. The van der Waals surface area contributed by atoms with E-state index in [1.807, 2.05) is 0 Å². The number of imide groups is 1. The number of nitrogens with one attached hydrogen (secondary N) is 2. The van der Waals surface area contributed by atoms with E-state index in [0.717, 1.165) is 4.90 Å². The third-order valence-corrected chi connectivity index (χ3v) is 4.22. The monoisotopic (exact) mass is 339 g/mol. The molecule has 1 aliphatic rings. The fourth-order valence-corrected chi connectivity index (χ4v) is 2.66. The highest BCUT2D eigenvalue weighted by Gasteiger charge is 2.49. The first-order valence-corrected chi connectivity index (χ1v) is 7.63. The predicted molar refractivity (Wildman–Crippen MR) is 85.3 cm³/mol. The fourth-order valence-electron chi connectivity index (χ4n) is 2.49. The number of phenolic OH excluding ortho intramolecular Hbond substituents is 1. The van der Waals surface area contributed by atoms with E-state index < -0.39 is 29.9 Å². The molecule has 7 nitrogen and oxygen atoms in total. The molecule has 1 saturated heterocycles. The van der Waals surface area contributed by atoms with Crippen LogP contribution in [0.4, 0.5) is 10.5 Å². The number of anilines is 1. The number of halogens is 1. The summed E-state index contributed by atoms with van der Waals surface area (Å²) in [6, 6.07) is 3.63. The number of carbonyl (C=O) groups is 3. The van der Waals surface area contributed by atoms with Gasteiger partial charge in [-0.05, 0) is 25.0 Å². The van der Waals surface area contributed by atoms with Gasteiger partial charge < -0.3 is 15.7 Å². The van der Waals surface area contributed by atoms with Crippen molar-refractivity contribution in [3.63, 3.8) is 0 Å². The maximum atomic E-state index is 12.4. The Kier molecular flexibility index (Phi) is 4.79. The van der Waals surface area contributed by atoms with E-state index in [0.29, 0.717) is 17.9 Å². The Bertz CT molecular complexity index is 658. The van der Waals surface area contributed by atoms with Gasteiger partial charge in [0, 0.05) is 11.1 Å². The number of urea groups is 1. The van der Waals surface area contributed by atoms with Crippen LogP contribution in [0.3, 0.4) is 0 Å². The Morgan fingerprint density at radius 2 is 2.00 bits per heavy atom. The van der Waals surface area contributed by atoms with Crippen molar-refractivity contribution in [2.45, 2.75) is 32.2 Å². The van der Waals surface area contributed by atoms with Crippen molar-refractivity contribution in [2.24, 2.45) is 0 Å². The number of benzene rings is 1. The quantitative estimate of drug-likeness (QED) is 0.565. The maximum absolute atomic E-state index is 12.4. The van der Waals surface area contributed by atoms with Crippen LogP contribution in [-0.2, 0) is 9.59 Å². The lowest BCUT2D eigenvalue weighted by Crippen LogP contribution is -2.46. The Labute approximate surface area is 138 Å². The van der Waals surface area contributed by atoms with Crippen LogP contribution < -0.4 is 10.6 Å². The van der Waals surface area contributed by atoms with E-state index in [2.05, 4.69) is 10.6 Å². The minimum absolute atomic E-state index is 0.156. The molecule has 0 aromatic heterocycles. The molecule has 0 bridgehead atoms. The maximum Gasteiger partial charge on any atom is 0.325 e. The second kappa shape index (κ2) is 6.45. The van der Waals surface area contributed by atoms with Gasteiger partial charge >= 0.3 is 6.03 Å². The highest BCUT2D eigenvalue weighted by molar-refractivity contribution is 6.30. The number of carbonyl (C=O) groups excluding carboxylic acids is 3. The lowest BCUT2D eigenvalue weighted by atomic mass is 9.93. The smallest absolute Gasteiger partial charge is 0.325 e. The molecule has 3 N–H and O–H groups in total. The van der Waals surface area contributed by atoms with Gasteiger partial charge in [0.25, 0.3) is 5.91 Å². The van der Waals surface area contributed by atoms with E-state index in [9.17, 15) is 19.5 Å². The summed E-state index contributed by atoms with van der Waals surface area (Å²) in [5.41, 5.74) is -0.788. The van der Waals surface area contributed by atoms with E-state index >= 15 is 0 Å². The van der Waals surface area contributed by atoms with Crippen molar-refractivity contribution in [1.82, 2.24) is 10.2 Å². The van der Waals surface area contributed by atoms with Crippen LogP contribution in [0.25, 0.3) is 0 Å². The van der Waals surface area contributed by atoms with Gasteiger partial charge in [0.2, 0.25) is 5.91 Å². The summed E-state index contributed by atoms with van der Waals surface area (Å²) in [6.07, 6.45) is 0.897. The average molecular weight is 340 g/mol. The normalized spacial score (nSPS) is 16.4. The number of hydrogen-bond donors (Lipinski definition) is 3. The Morgan fingerprint density at radius 1 is 1.35 bits per heavy atom. The second-order valence-corrected chi connectivity index (χ2v) is 5.76. The van der Waals surface area contributed by atoms with Crippen LogP contribution in [-0.4, -0.2) is 39.9 Å². The van der Waals surface area contributed by atoms with E-state index in [1.165, 1.54) is 18.2 Å². The Hall–Kier alpha value is -2.28. The number of aromatic hydroxyl groups is 1. The molecule has 23 heavy (non-hydrogen) atoms. The third-order valence-electron chi connectivity index (χ3n) is 3.99. The van der Waals surface area contributed by atoms with Crippen LogP contribution in [0.15, 0.2) is 18.2 Å². The minimum atomic E-state index is -0.945. The summed E-state index contributed by atoms with van der Waals surface area (Å²) in [5.74, 6) is -1.20. The fraction of sp³-hybridized carbons (Fsp3) is 0.400. The molecule has 1 fully saturated rings.